The van der Waals surface area contributed by atoms with Gasteiger partial charge in [0, 0.05) is 0 Å². The third kappa shape index (κ3) is 2.34. The van der Waals surface area contributed by atoms with Crippen molar-refractivity contribution in [3.05, 3.63) is 35.7 Å². The highest BCUT2D eigenvalue weighted by molar-refractivity contribution is 7.14. The van der Waals surface area contributed by atoms with Gasteiger partial charge in [-0.15, -0.1) is 11.3 Å². The molecule has 0 atom stereocenters. The van der Waals surface area contributed by atoms with E-state index in [4.69, 9.17) is 19.7 Å². The van der Waals surface area contributed by atoms with Crippen LogP contribution in [0.15, 0.2) is 40.2 Å². The Morgan fingerprint density at radius 1 is 1.19 bits per heavy atom. The summed E-state index contributed by atoms with van der Waals surface area (Å²) >= 11 is 1.53. The van der Waals surface area contributed by atoms with Crippen molar-refractivity contribution in [3.63, 3.8) is 0 Å². The minimum Gasteiger partial charge on any atom is -0.497 e. The summed E-state index contributed by atoms with van der Waals surface area (Å²) in [6.07, 6.45) is 0. The maximum Gasteiger partial charge on any atom is 0.230 e. The van der Waals surface area contributed by atoms with Crippen molar-refractivity contribution in [1.29, 1.82) is 0 Å². The van der Waals surface area contributed by atoms with Gasteiger partial charge < -0.3 is 19.7 Å². The highest BCUT2D eigenvalue weighted by Gasteiger charge is 2.21. The van der Waals surface area contributed by atoms with E-state index in [1.807, 2.05) is 35.7 Å². The van der Waals surface area contributed by atoms with Crippen LogP contribution in [0.25, 0.3) is 21.7 Å². The predicted molar refractivity (Wildman–Crippen MR) is 82.8 cm³/mol. The molecule has 0 aliphatic heterocycles. The average Bonchev–Trinajstić information content (AvgIpc) is 3.13. The number of hydrogen-bond acceptors (Lipinski definition) is 6. The summed E-state index contributed by atoms with van der Waals surface area (Å²) in [5.41, 5.74) is 8.26. The summed E-state index contributed by atoms with van der Waals surface area (Å²) in [5, 5.41) is 6.03. The number of aromatic nitrogens is 1. The number of thiophene rings is 1. The molecule has 2 N–H and O–H groups in total. The van der Waals surface area contributed by atoms with E-state index in [9.17, 15) is 0 Å². The van der Waals surface area contributed by atoms with Gasteiger partial charge in [-0.3, -0.25) is 0 Å². The number of nitrogen functional groups attached to an aromatic ring is 1. The SMILES string of the molecule is COc1cccc(-c2c(-c3sccc3OC)noc2N)c1. The quantitative estimate of drug-likeness (QED) is 0.796. The first kappa shape index (κ1) is 13.5. The zero-order chi connectivity index (χ0) is 14.8. The molecule has 0 unspecified atom stereocenters. The molecule has 5 nitrogen and oxygen atoms in total. The Kier molecular flexibility index (Phi) is 3.53. The molecule has 21 heavy (non-hydrogen) atoms. The third-order valence-corrected chi connectivity index (χ3v) is 4.04. The van der Waals surface area contributed by atoms with Crippen LogP contribution < -0.4 is 15.2 Å². The largest absolute Gasteiger partial charge is 0.497 e. The molecule has 2 aromatic heterocycles. The molecule has 0 saturated carbocycles. The Bertz CT molecular complexity index is 764. The van der Waals surface area contributed by atoms with Crippen LogP contribution in [-0.4, -0.2) is 19.4 Å². The maximum atomic E-state index is 5.96. The molecule has 0 aliphatic carbocycles. The van der Waals surface area contributed by atoms with Crippen molar-refractivity contribution in [2.24, 2.45) is 0 Å². The Balaban J connectivity index is 2.17. The lowest BCUT2D eigenvalue weighted by atomic mass is 10.0. The monoisotopic (exact) mass is 302 g/mol. The molecule has 0 amide bonds. The lowest BCUT2D eigenvalue weighted by Crippen LogP contribution is -1.89. The summed E-state index contributed by atoms with van der Waals surface area (Å²) in [6, 6.07) is 9.50. The minimum absolute atomic E-state index is 0.272. The van der Waals surface area contributed by atoms with Crippen molar-refractivity contribution in [1.82, 2.24) is 5.16 Å². The minimum atomic E-state index is 0.272. The van der Waals surface area contributed by atoms with Crippen LogP contribution in [0.2, 0.25) is 0 Å². The number of methoxy groups -OCH3 is 2. The zero-order valence-corrected chi connectivity index (χ0v) is 12.4. The van der Waals surface area contributed by atoms with E-state index < -0.39 is 0 Å². The number of nitrogens with two attached hydrogens (primary N) is 1. The van der Waals surface area contributed by atoms with E-state index >= 15 is 0 Å². The summed E-state index contributed by atoms with van der Waals surface area (Å²) in [6.45, 7) is 0. The molecule has 0 fully saturated rings. The summed E-state index contributed by atoms with van der Waals surface area (Å²) in [7, 11) is 3.25. The van der Waals surface area contributed by atoms with E-state index in [1.54, 1.807) is 14.2 Å². The molecule has 3 aromatic rings. The van der Waals surface area contributed by atoms with Gasteiger partial charge in [-0.25, -0.2) is 0 Å². The molecule has 0 spiro atoms. The molecule has 0 radical (unpaired) electrons. The van der Waals surface area contributed by atoms with Crippen LogP contribution in [0.3, 0.4) is 0 Å². The van der Waals surface area contributed by atoms with Crippen LogP contribution in [0.5, 0.6) is 11.5 Å². The van der Waals surface area contributed by atoms with Crippen molar-refractivity contribution >= 4 is 17.2 Å². The van der Waals surface area contributed by atoms with Gasteiger partial charge in [0.05, 0.1) is 24.7 Å². The van der Waals surface area contributed by atoms with Gasteiger partial charge in [0.1, 0.15) is 17.2 Å². The van der Waals surface area contributed by atoms with E-state index in [2.05, 4.69) is 5.16 Å². The van der Waals surface area contributed by atoms with E-state index in [0.29, 0.717) is 5.69 Å². The molecule has 0 bridgehead atoms. The molecular formula is C15H14N2O3S. The third-order valence-electron chi connectivity index (χ3n) is 3.14. The molecule has 0 saturated heterocycles. The normalized spacial score (nSPS) is 10.6. The fraction of sp³-hybridized carbons (Fsp3) is 0.133. The van der Waals surface area contributed by atoms with Gasteiger partial charge >= 0.3 is 0 Å². The topological polar surface area (TPSA) is 70.5 Å². The molecule has 1 aromatic carbocycles. The number of ether oxygens (including phenoxy) is 2. The first-order valence-electron chi connectivity index (χ1n) is 6.26. The molecule has 2 heterocycles. The van der Waals surface area contributed by atoms with Crippen LogP contribution in [0.4, 0.5) is 5.88 Å². The van der Waals surface area contributed by atoms with E-state index in [0.717, 1.165) is 27.5 Å². The first-order chi connectivity index (χ1) is 10.2. The number of anilines is 1. The number of nitrogens with zero attached hydrogens (tertiary/aromatic N) is 1. The van der Waals surface area contributed by atoms with Gasteiger partial charge in [-0.1, -0.05) is 17.3 Å². The van der Waals surface area contributed by atoms with Crippen LogP contribution in [0, 0.1) is 0 Å². The lowest BCUT2D eigenvalue weighted by molar-refractivity contribution is 0.415. The lowest BCUT2D eigenvalue weighted by Gasteiger charge is -2.05. The van der Waals surface area contributed by atoms with Gasteiger partial charge in [-0.05, 0) is 29.1 Å². The Morgan fingerprint density at radius 2 is 2.05 bits per heavy atom. The Labute approximate surface area is 125 Å². The van der Waals surface area contributed by atoms with E-state index in [1.165, 1.54) is 11.3 Å². The van der Waals surface area contributed by atoms with Crippen LogP contribution in [0.1, 0.15) is 0 Å². The van der Waals surface area contributed by atoms with Gasteiger partial charge in [-0.2, -0.15) is 0 Å². The summed E-state index contributed by atoms with van der Waals surface area (Å²) in [4.78, 5) is 0.885. The zero-order valence-electron chi connectivity index (χ0n) is 11.6. The number of hydrogen-bond donors (Lipinski definition) is 1. The van der Waals surface area contributed by atoms with Crippen LogP contribution in [-0.2, 0) is 0 Å². The second-order valence-corrected chi connectivity index (χ2v) is 5.24. The predicted octanol–water partition coefficient (Wildman–Crippen LogP) is 3.67. The van der Waals surface area contributed by atoms with Crippen molar-refractivity contribution in [2.75, 3.05) is 20.0 Å². The summed E-state index contributed by atoms with van der Waals surface area (Å²) < 4.78 is 15.8. The molecular weight excluding hydrogens is 288 g/mol. The van der Waals surface area contributed by atoms with Gasteiger partial charge in [0.25, 0.3) is 0 Å². The van der Waals surface area contributed by atoms with Crippen LogP contribution >= 0.6 is 11.3 Å². The van der Waals surface area contributed by atoms with E-state index in [-0.39, 0.29) is 5.88 Å². The van der Waals surface area contributed by atoms with Crippen molar-refractivity contribution < 1.29 is 14.0 Å². The second-order valence-electron chi connectivity index (χ2n) is 4.32. The smallest absolute Gasteiger partial charge is 0.230 e. The fourth-order valence-electron chi connectivity index (χ4n) is 2.15. The Morgan fingerprint density at radius 3 is 2.81 bits per heavy atom. The summed E-state index contributed by atoms with van der Waals surface area (Å²) in [5.74, 6) is 1.77. The Hall–Kier alpha value is -2.47. The molecule has 0 aliphatic rings. The van der Waals surface area contributed by atoms with Crippen molar-refractivity contribution in [3.8, 4) is 33.2 Å². The highest BCUT2D eigenvalue weighted by atomic mass is 32.1. The number of benzene rings is 1. The second kappa shape index (κ2) is 5.49. The number of rotatable bonds is 4. The standard InChI is InChI=1S/C15H14N2O3S/c1-18-10-5-3-4-9(8-10)12-13(17-20-15(12)16)14-11(19-2)6-7-21-14/h3-8H,16H2,1-2H3. The van der Waals surface area contributed by atoms with Crippen molar-refractivity contribution in [2.45, 2.75) is 0 Å². The fourth-order valence-corrected chi connectivity index (χ4v) is 2.99. The molecule has 3 rings (SSSR count). The molecule has 6 heteroatoms. The van der Waals surface area contributed by atoms with Gasteiger partial charge in [0.15, 0.2) is 0 Å². The highest BCUT2D eigenvalue weighted by Crippen LogP contribution is 2.43. The first-order valence-corrected chi connectivity index (χ1v) is 7.14. The average molecular weight is 302 g/mol. The maximum absolute atomic E-state index is 5.96. The van der Waals surface area contributed by atoms with Gasteiger partial charge in [0.2, 0.25) is 5.88 Å². The molecule has 108 valence electrons.